The number of carbonyl (C=O) groups is 1. The van der Waals surface area contributed by atoms with Gasteiger partial charge in [0.05, 0.1) is 18.2 Å². The zero-order chi connectivity index (χ0) is 21.2. The van der Waals surface area contributed by atoms with Gasteiger partial charge in [0, 0.05) is 22.7 Å². The number of halogens is 2. The van der Waals surface area contributed by atoms with Crippen LogP contribution >= 0.6 is 11.6 Å². The fraction of sp³-hybridized carbons (Fsp3) is 0.364. The quantitative estimate of drug-likeness (QED) is 0.675. The summed E-state index contributed by atoms with van der Waals surface area (Å²) < 4.78 is 25.7. The summed E-state index contributed by atoms with van der Waals surface area (Å²) in [7, 11) is 0. The molecule has 1 aliphatic rings. The van der Waals surface area contributed by atoms with E-state index in [-0.39, 0.29) is 6.61 Å². The normalized spacial score (nSPS) is 16.1. The van der Waals surface area contributed by atoms with Gasteiger partial charge in [0.25, 0.3) is 0 Å². The number of nitrogens with zero attached hydrogens (tertiary/aromatic N) is 2. The Kier molecular flexibility index (Phi) is 6.11. The number of amides is 1. The Morgan fingerprint density at radius 3 is 2.72 bits per heavy atom. The minimum Gasteiger partial charge on any atom is -0.444 e. The highest BCUT2D eigenvalue weighted by atomic mass is 35.5. The first-order chi connectivity index (χ1) is 13.7. The molecule has 0 N–H and O–H groups in total. The van der Waals surface area contributed by atoms with E-state index < -0.39 is 23.7 Å². The maximum atomic E-state index is 14.2. The Morgan fingerprint density at radius 2 is 2.07 bits per heavy atom. The molecule has 3 rings (SSSR count). The first kappa shape index (κ1) is 21.1. The van der Waals surface area contributed by atoms with Crippen molar-refractivity contribution in [3.05, 3.63) is 69.5 Å². The lowest BCUT2D eigenvalue weighted by Gasteiger charge is -2.37. The van der Waals surface area contributed by atoms with E-state index in [1.54, 1.807) is 51.1 Å². The first-order valence-electron chi connectivity index (χ1n) is 9.26. The van der Waals surface area contributed by atoms with E-state index in [1.807, 2.05) is 0 Å². The van der Waals surface area contributed by atoms with Crippen molar-refractivity contribution in [3.8, 4) is 6.07 Å². The van der Waals surface area contributed by atoms with E-state index in [9.17, 15) is 9.18 Å². The number of rotatable bonds is 3. The van der Waals surface area contributed by atoms with Gasteiger partial charge in [-0.2, -0.15) is 5.26 Å². The smallest absolute Gasteiger partial charge is 0.412 e. The first-order valence-corrected chi connectivity index (χ1v) is 9.64. The van der Waals surface area contributed by atoms with E-state index in [2.05, 4.69) is 6.07 Å². The highest BCUT2D eigenvalue weighted by molar-refractivity contribution is 6.30. The van der Waals surface area contributed by atoms with E-state index in [0.29, 0.717) is 29.1 Å². The van der Waals surface area contributed by atoms with Gasteiger partial charge in [0.2, 0.25) is 0 Å². The fourth-order valence-corrected chi connectivity index (χ4v) is 3.31. The molecule has 0 spiro atoms. The molecule has 0 aliphatic carbocycles. The molecule has 29 heavy (non-hydrogen) atoms. The Bertz CT molecular complexity index is 966. The van der Waals surface area contributed by atoms with Gasteiger partial charge in [-0.15, -0.1) is 0 Å². The maximum Gasteiger partial charge on any atom is 0.412 e. The zero-order valence-corrected chi connectivity index (χ0v) is 17.3. The summed E-state index contributed by atoms with van der Waals surface area (Å²) in [6, 6.07) is 11.7. The van der Waals surface area contributed by atoms with E-state index in [0.717, 1.165) is 11.1 Å². The predicted molar refractivity (Wildman–Crippen MR) is 107 cm³/mol. The van der Waals surface area contributed by atoms with Crippen molar-refractivity contribution in [2.75, 3.05) is 6.54 Å². The van der Waals surface area contributed by atoms with Gasteiger partial charge < -0.3 is 9.47 Å². The third-order valence-corrected chi connectivity index (χ3v) is 4.72. The van der Waals surface area contributed by atoms with Crippen molar-refractivity contribution >= 4 is 17.7 Å². The van der Waals surface area contributed by atoms with Gasteiger partial charge in [0.1, 0.15) is 11.4 Å². The molecule has 1 unspecified atom stereocenters. The third-order valence-electron chi connectivity index (χ3n) is 4.48. The molecule has 5 nitrogen and oxygen atoms in total. The molecule has 0 saturated heterocycles. The van der Waals surface area contributed by atoms with Crippen molar-refractivity contribution in [3.63, 3.8) is 0 Å². The number of fused-ring (bicyclic) bond motifs is 1. The number of hydrogen-bond donors (Lipinski definition) is 0. The van der Waals surface area contributed by atoms with Crippen LogP contribution in [0.4, 0.5) is 9.18 Å². The standard InChI is InChI=1S/C22H22ClFN2O3/c1-22(2,3)29-21(27)26-9-8-15-10-14(12-25)4-7-18(15)20(26)28-13-16-5-6-17(23)11-19(16)24/h4-7,10-11,20H,8-9,13H2,1-3H3. The Morgan fingerprint density at radius 1 is 1.31 bits per heavy atom. The summed E-state index contributed by atoms with van der Waals surface area (Å²) in [5, 5.41) is 9.46. The zero-order valence-electron chi connectivity index (χ0n) is 16.5. The molecule has 2 aromatic rings. The summed E-state index contributed by atoms with van der Waals surface area (Å²) in [5.41, 5.74) is 1.90. The highest BCUT2D eigenvalue weighted by Crippen LogP contribution is 2.33. The summed E-state index contributed by atoms with van der Waals surface area (Å²) in [6.07, 6.45) is -0.690. The molecule has 1 amide bonds. The van der Waals surface area contributed by atoms with Gasteiger partial charge in [-0.3, -0.25) is 4.90 Å². The SMILES string of the molecule is CC(C)(C)OC(=O)N1CCc2cc(C#N)ccc2C1OCc1ccc(Cl)cc1F. The van der Waals surface area contributed by atoms with Crippen LogP contribution in [0.15, 0.2) is 36.4 Å². The lowest BCUT2D eigenvalue weighted by Crippen LogP contribution is -2.44. The minimum atomic E-state index is -0.753. The summed E-state index contributed by atoms with van der Waals surface area (Å²) in [6.45, 7) is 5.69. The molecule has 0 saturated carbocycles. The molecule has 152 valence electrons. The second-order valence-electron chi connectivity index (χ2n) is 7.85. The van der Waals surface area contributed by atoms with Crippen LogP contribution in [0.2, 0.25) is 5.02 Å². The average molecular weight is 417 g/mol. The molecule has 1 heterocycles. The van der Waals surface area contributed by atoms with Crippen molar-refractivity contribution in [2.45, 2.75) is 45.6 Å². The summed E-state index contributed by atoms with van der Waals surface area (Å²) in [5.74, 6) is -0.475. The van der Waals surface area contributed by atoms with Gasteiger partial charge in [0.15, 0.2) is 6.23 Å². The summed E-state index contributed by atoms with van der Waals surface area (Å²) in [4.78, 5) is 14.3. The maximum absolute atomic E-state index is 14.2. The van der Waals surface area contributed by atoms with Crippen molar-refractivity contribution in [1.29, 1.82) is 5.26 Å². The van der Waals surface area contributed by atoms with Crippen LogP contribution in [0.5, 0.6) is 0 Å². The van der Waals surface area contributed by atoms with E-state index >= 15 is 0 Å². The van der Waals surface area contributed by atoms with Gasteiger partial charge in [-0.25, -0.2) is 9.18 Å². The topological polar surface area (TPSA) is 62.6 Å². The number of benzene rings is 2. The average Bonchev–Trinajstić information content (AvgIpc) is 2.65. The number of hydrogen-bond acceptors (Lipinski definition) is 4. The Labute approximate surface area is 174 Å². The molecular weight excluding hydrogens is 395 g/mol. The molecule has 2 aromatic carbocycles. The van der Waals surface area contributed by atoms with E-state index in [1.165, 1.54) is 11.0 Å². The van der Waals surface area contributed by atoms with Crippen LogP contribution in [0.25, 0.3) is 0 Å². The van der Waals surface area contributed by atoms with Crippen molar-refractivity contribution in [1.82, 2.24) is 4.90 Å². The van der Waals surface area contributed by atoms with Crippen molar-refractivity contribution in [2.24, 2.45) is 0 Å². The largest absolute Gasteiger partial charge is 0.444 e. The number of carbonyl (C=O) groups excluding carboxylic acids is 1. The molecule has 0 bridgehead atoms. The van der Waals surface area contributed by atoms with Gasteiger partial charge in [-0.1, -0.05) is 23.7 Å². The number of ether oxygens (including phenoxy) is 2. The molecule has 0 radical (unpaired) electrons. The highest BCUT2D eigenvalue weighted by Gasteiger charge is 2.34. The van der Waals surface area contributed by atoms with Gasteiger partial charge >= 0.3 is 6.09 Å². The van der Waals surface area contributed by atoms with Crippen LogP contribution in [-0.2, 0) is 22.5 Å². The molecule has 0 fully saturated rings. The molecular formula is C22H22ClFN2O3. The lowest BCUT2D eigenvalue weighted by molar-refractivity contribution is -0.0822. The predicted octanol–water partition coefficient (Wildman–Crippen LogP) is 5.36. The molecule has 0 aromatic heterocycles. The number of nitriles is 1. The van der Waals surface area contributed by atoms with Gasteiger partial charge in [-0.05, 0) is 57.0 Å². The lowest BCUT2D eigenvalue weighted by atomic mass is 9.96. The van der Waals surface area contributed by atoms with Crippen LogP contribution in [0.1, 0.15) is 49.3 Å². The summed E-state index contributed by atoms with van der Waals surface area (Å²) >= 11 is 5.81. The second-order valence-corrected chi connectivity index (χ2v) is 8.28. The fourth-order valence-electron chi connectivity index (χ4n) is 3.15. The molecule has 1 aliphatic heterocycles. The minimum absolute atomic E-state index is 0.0492. The van der Waals surface area contributed by atoms with Crippen LogP contribution < -0.4 is 0 Å². The van der Waals surface area contributed by atoms with Crippen LogP contribution in [0, 0.1) is 17.1 Å². The van der Waals surface area contributed by atoms with E-state index in [4.69, 9.17) is 26.3 Å². The molecule has 1 atom stereocenters. The van der Waals surface area contributed by atoms with Crippen molar-refractivity contribution < 1.29 is 18.7 Å². The Hall–Kier alpha value is -2.62. The monoisotopic (exact) mass is 416 g/mol. The van der Waals surface area contributed by atoms with Crippen LogP contribution in [-0.4, -0.2) is 23.1 Å². The van der Waals surface area contributed by atoms with Crippen LogP contribution in [0.3, 0.4) is 0 Å². The Balaban J connectivity index is 1.90. The second kappa shape index (κ2) is 8.40. The molecule has 7 heteroatoms. The third kappa shape index (κ3) is 5.06.